The first-order valence-electron chi connectivity index (χ1n) is 6.22. The summed E-state index contributed by atoms with van der Waals surface area (Å²) in [5.41, 5.74) is -0.875. The van der Waals surface area contributed by atoms with Gasteiger partial charge in [-0.05, 0) is 25.0 Å². The van der Waals surface area contributed by atoms with Gasteiger partial charge >= 0.3 is 5.97 Å². The Bertz CT molecular complexity index is 241. The molecule has 4 heteroatoms. The second-order valence-corrected chi connectivity index (χ2v) is 5.94. The number of rotatable bonds is 3. The zero-order valence-corrected chi connectivity index (χ0v) is 10.4. The molecule has 3 nitrogen and oxygen atoms in total. The second kappa shape index (κ2) is 5.41. The number of aliphatic carboxylic acids is 1. The summed E-state index contributed by atoms with van der Waals surface area (Å²) in [4.78, 5) is 11.3. The minimum Gasteiger partial charge on any atom is -0.479 e. The van der Waals surface area contributed by atoms with E-state index in [-0.39, 0.29) is 6.10 Å². The Balaban J connectivity index is 1.96. The molecule has 2 aliphatic rings. The highest BCUT2D eigenvalue weighted by atomic mass is 32.2. The molecule has 1 saturated heterocycles. The smallest absolute Gasteiger partial charge is 0.336 e. The molecule has 1 heterocycles. The molecule has 0 radical (unpaired) electrons. The van der Waals surface area contributed by atoms with Gasteiger partial charge in [-0.15, -0.1) is 0 Å². The van der Waals surface area contributed by atoms with Gasteiger partial charge in [0, 0.05) is 5.75 Å². The quantitative estimate of drug-likeness (QED) is 0.775. The SMILES string of the molecule is O=C(O)C1(OC2CCCCCC2)CCSC1. The Hall–Kier alpha value is -0.220. The van der Waals surface area contributed by atoms with E-state index in [1.807, 2.05) is 0 Å². The zero-order valence-electron chi connectivity index (χ0n) is 9.61. The summed E-state index contributed by atoms with van der Waals surface area (Å²) in [6.45, 7) is 0. The monoisotopic (exact) mass is 244 g/mol. The van der Waals surface area contributed by atoms with Crippen LogP contribution in [0.3, 0.4) is 0 Å². The van der Waals surface area contributed by atoms with Crippen LogP contribution in [-0.4, -0.2) is 34.3 Å². The van der Waals surface area contributed by atoms with Crippen LogP contribution < -0.4 is 0 Å². The maximum absolute atomic E-state index is 11.3. The lowest BCUT2D eigenvalue weighted by atomic mass is 10.0. The fourth-order valence-electron chi connectivity index (χ4n) is 2.54. The number of hydrogen-bond acceptors (Lipinski definition) is 3. The molecule has 92 valence electrons. The van der Waals surface area contributed by atoms with Gasteiger partial charge in [-0.1, -0.05) is 25.7 Å². The fraction of sp³-hybridized carbons (Fsp3) is 0.917. The third-order valence-corrected chi connectivity index (χ3v) is 4.73. The van der Waals surface area contributed by atoms with Gasteiger partial charge in [-0.2, -0.15) is 11.8 Å². The van der Waals surface area contributed by atoms with Gasteiger partial charge in [0.1, 0.15) is 0 Å². The molecule has 1 atom stereocenters. The van der Waals surface area contributed by atoms with Crippen molar-refractivity contribution in [3.63, 3.8) is 0 Å². The van der Waals surface area contributed by atoms with Gasteiger partial charge < -0.3 is 9.84 Å². The van der Waals surface area contributed by atoms with Crippen molar-refractivity contribution in [2.45, 2.75) is 56.7 Å². The van der Waals surface area contributed by atoms with Crippen LogP contribution >= 0.6 is 11.8 Å². The van der Waals surface area contributed by atoms with Crippen molar-refractivity contribution in [2.75, 3.05) is 11.5 Å². The number of carboxylic acids is 1. The van der Waals surface area contributed by atoms with E-state index in [1.165, 1.54) is 25.7 Å². The molecule has 1 aliphatic heterocycles. The average molecular weight is 244 g/mol. The van der Waals surface area contributed by atoms with E-state index in [2.05, 4.69) is 0 Å². The fourth-order valence-corrected chi connectivity index (χ4v) is 3.82. The molecule has 1 unspecified atom stereocenters. The van der Waals surface area contributed by atoms with Gasteiger partial charge in [0.05, 0.1) is 6.10 Å². The van der Waals surface area contributed by atoms with Gasteiger partial charge in [0.2, 0.25) is 0 Å². The summed E-state index contributed by atoms with van der Waals surface area (Å²) >= 11 is 1.70. The van der Waals surface area contributed by atoms with Crippen molar-refractivity contribution < 1.29 is 14.6 Å². The number of hydrogen-bond donors (Lipinski definition) is 1. The van der Waals surface area contributed by atoms with Crippen molar-refractivity contribution in [1.29, 1.82) is 0 Å². The third-order valence-electron chi connectivity index (χ3n) is 3.57. The lowest BCUT2D eigenvalue weighted by Gasteiger charge is -2.29. The summed E-state index contributed by atoms with van der Waals surface area (Å²) in [5, 5.41) is 9.33. The maximum atomic E-state index is 11.3. The number of ether oxygens (including phenoxy) is 1. The van der Waals surface area contributed by atoms with Crippen molar-refractivity contribution in [2.24, 2.45) is 0 Å². The first-order chi connectivity index (χ1) is 7.73. The molecule has 0 aromatic rings. The molecule has 2 rings (SSSR count). The zero-order chi connectivity index (χ0) is 11.4. The molecule has 16 heavy (non-hydrogen) atoms. The summed E-state index contributed by atoms with van der Waals surface area (Å²) < 4.78 is 5.96. The Morgan fingerprint density at radius 2 is 1.94 bits per heavy atom. The van der Waals surface area contributed by atoms with Gasteiger partial charge in [-0.3, -0.25) is 0 Å². The molecule has 1 aliphatic carbocycles. The standard InChI is InChI=1S/C12H20O3S/c13-11(14)12(7-8-16-9-12)15-10-5-3-1-2-4-6-10/h10H,1-9H2,(H,13,14). The Labute approximate surface area is 101 Å². The summed E-state index contributed by atoms with van der Waals surface area (Å²) in [6.07, 6.45) is 7.85. The summed E-state index contributed by atoms with van der Waals surface area (Å²) in [7, 11) is 0. The number of carboxylic acid groups (broad SMARTS) is 1. The van der Waals surface area contributed by atoms with Gasteiger partial charge in [-0.25, -0.2) is 4.79 Å². The average Bonchev–Trinajstić information content (AvgIpc) is 2.58. The van der Waals surface area contributed by atoms with E-state index < -0.39 is 11.6 Å². The van der Waals surface area contributed by atoms with E-state index in [0.717, 1.165) is 18.6 Å². The van der Waals surface area contributed by atoms with Crippen LogP contribution in [0.2, 0.25) is 0 Å². The highest BCUT2D eigenvalue weighted by molar-refractivity contribution is 7.99. The normalized spacial score (nSPS) is 32.5. The lowest BCUT2D eigenvalue weighted by molar-refractivity contribution is -0.170. The third kappa shape index (κ3) is 2.72. The molecule has 1 saturated carbocycles. The van der Waals surface area contributed by atoms with E-state index in [4.69, 9.17) is 4.74 Å². The first kappa shape index (κ1) is 12.2. The molecule has 0 aromatic carbocycles. The molecule has 2 fully saturated rings. The molecule has 0 spiro atoms. The predicted octanol–water partition coefficient (Wildman–Crippen LogP) is 2.69. The van der Waals surface area contributed by atoms with Gasteiger partial charge in [0.25, 0.3) is 0 Å². The topological polar surface area (TPSA) is 46.5 Å². The van der Waals surface area contributed by atoms with E-state index in [9.17, 15) is 9.90 Å². The Morgan fingerprint density at radius 1 is 1.25 bits per heavy atom. The van der Waals surface area contributed by atoms with Crippen molar-refractivity contribution in [3.8, 4) is 0 Å². The van der Waals surface area contributed by atoms with Crippen LogP contribution in [-0.2, 0) is 9.53 Å². The molecule has 1 N–H and O–H groups in total. The van der Waals surface area contributed by atoms with Crippen molar-refractivity contribution in [3.05, 3.63) is 0 Å². The summed E-state index contributed by atoms with van der Waals surface area (Å²) in [6, 6.07) is 0. The van der Waals surface area contributed by atoms with Crippen LogP contribution in [0.1, 0.15) is 44.9 Å². The molecule has 0 aromatic heterocycles. The lowest BCUT2D eigenvalue weighted by Crippen LogP contribution is -2.44. The number of carbonyl (C=O) groups is 1. The molecular formula is C12H20O3S. The van der Waals surface area contributed by atoms with E-state index in [0.29, 0.717) is 12.2 Å². The van der Waals surface area contributed by atoms with Crippen molar-refractivity contribution in [1.82, 2.24) is 0 Å². The van der Waals surface area contributed by atoms with Crippen LogP contribution in [0.25, 0.3) is 0 Å². The maximum Gasteiger partial charge on any atom is 0.336 e. The van der Waals surface area contributed by atoms with E-state index >= 15 is 0 Å². The van der Waals surface area contributed by atoms with Crippen LogP contribution in [0.4, 0.5) is 0 Å². The van der Waals surface area contributed by atoms with E-state index in [1.54, 1.807) is 11.8 Å². The summed E-state index contributed by atoms with van der Waals surface area (Å²) in [5.74, 6) is 0.777. The Morgan fingerprint density at radius 3 is 2.44 bits per heavy atom. The molecular weight excluding hydrogens is 224 g/mol. The largest absolute Gasteiger partial charge is 0.479 e. The molecule has 0 bridgehead atoms. The highest BCUT2D eigenvalue weighted by Gasteiger charge is 2.44. The van der Waals surface area contributed by atoms with Gasteiger partial charge in [0.15, 0.2) is 5.60 Å². The highest BCUT2D eigenvalue weighted by Crippen LogP contribution is 2.35. The molecule has 0 amide bonds. The Kier molecular flexibility index (Phi) is 4.14. The number of thioether (sulfide) groups is 1. The first-order valence-corrected chi connectivity index (χ1v) is 7.37. The van der Waals surface area contributed by atoms with Crippen molar-refractivity contribution >= 4 is 17.7 Å². The van der Waals surface area contributed by atoms with Crippen LogP contribution in [0, 0.1) is 0 Å². The second-order valence-electron chi connectivity index (χ2n) is 4.83. The minimum absolute atomic E-state index is 0.178. The van der Waals surface area contributed by atoms with Crippen LogP contribution in [0.15, 0.2) is 0 Å². The minimum atomic E-state index is -0.875. The predicted molar refractivity (Wildman–Crippen MR) is 64.9 cm³/mol. The van der Waals surface area contributed by atoms with Crippen LogP contribution in [0.5, 0.6) is 0 Å².